The number of benzene rings is 7. The summed E-state index contributed by atoms with van der Waals surface area (Å²) < 4.78 is 2.41. The van der Waals surface area contributed by atoms with Crippen molar-refractivity contribution in [3.8, 4) is 11.1 Å². The van der Waals surface area contributed by atoms with E-state index in [1.54, 1.807) is 0 Å². The molecular weight excluding hydrogens is 790 g/mol. The van der Waals surface area contributed by atoms with Gasteiger partial charge in [0.2, 0.25) is 0 Å². The second-order valence-corrected chi connectivity index (χ2v) is 13.0. The van der Waals surface area contributed by atoms with E-state index >= 15 is 0 Å². The number of aromatic nitrogens is 1. The molecule has 2 heterocycles. The van der Waals surface area contributed by atoms with E-state index in [1.165, 1.54) is 49.7 Å². The summed E-state index contributed by atoms with van der Waals surface area (Å²) in [5.41, 5.74) is 13.5. The van der Waals surface area contributed by atoms with Crippen molar-refractivity contribution in [3.63, 3.8) is 0 Å². The molecular formula is C46H31N3Pt. The summed E-state index contributed by atoms with van der Waals surface area (Å²) in [6.45, 7) is 2.90. The van der Waals surface area contributed by atoms with Crippen LogP contribution in [0.2, 0.25) is 0 Å². The van der Waals surface area contributed by atoms with Gasteiger partial charge in [-0.2, -0.15) is 79.5 Å². The number of hydrogen-bond acceptors (Lipinski definition) is 2. The molecule has 8 aromatic rings. The van der Waals surface area contributed by atoms with Crippen LogP contribution >= 0.6 is 0 Å². The maximum Gasteiger partial charge on any atom is 4.00 e. The molecule has 10 rings (SSSR count). The molecule has 0 spiro atoms. The number of fused-ring (bicyclic) bond motifs is 7. The molecule has 50 heavy (non-hydrogen) atoms. The number of rotatable bonds is 5. The van der Waals surface area contributed by atoms with Crippen LogP contribution in [-0.2, 0) is 33.0 Å². The largest absolute Gasteiger partial charge is 4.00 e. The predicted octanol–water partition coefficient (Wildman–Crippen LogP) is 10.3. The minimum absolute atomic E-state index is 0. The van der Waals surface area contributed by atoms with Crippen molar-refractivity contribution in [2.45, 2.75) is 12.0 Å². The summed E-state index contributed by atoms with van der Waals surface area (Å²) in [6.07, 6.45) is 0. The van der Waals surface area contributed by atoms with Gasteiger partial charge in [-0.05, 0) is 52.9 Å². The second kappa shape index (κ2) is 11.9. The van der Waals surface area contributed by atoms with Gasteiger partial charge in [0.25, 0.3) is 0 Å². The third-order valence-electron chi connectivity index (χ3n) is 10.4. The molecule has 3 nitrogen and oxygen atoms in total. The summed E-state index contributed by atoms with van der Waals surface area (Å²) in [5, 5.41) is 2.46. The molecule has 0 saturated carbocycles. The Kier molecular flexibility index (Phi) is 7.30. The monoisotopic (exact) mass is 820 g/mol. The molecule has 4 heteroatoms. The fourth-order valence-corrected chi connectivity index (χ4v) is 8.31. The summed E-state index contributed by atoms with van der Waals surface area (Å²) >= 11 is 0. The van der Waals surface area contributed by atoms with Gasteiger partial charge in [-0.15, -0.1) is 27.8 Å². The Morgan fingerprint density at radius 1 is 0.620 bits per heavy atom. The second-order valence-electron chi connectivity index (χ2n) is 13.0. The van der Waals surface area contributed by atoms with E-state index in [0.717, 1.165) is 34.6 Å². The quantitative estimate of drug-likeness (QED) is 0.160. The minimum atomic E-state index is -0.626. The van der Waals surface area contributed by atoms with Gasteiger partial charge in [-0.25, -0.2) is 0 Å². The summed E-state index contributed by atoms with van der Waals surface area (Å²) in [5.74, 6) is 0. The van der Waals surface area contributed by atoms with Gasteiger partial charge in [0.05, 0.1) is 0 Å². The smallest absolute Gasteiger partial charge is 0.504 e. The zero-order valence-corrected chi connectivity index (χ0v) is 29.6. The van der Waals surface area contributed by atoms with Crippen molar-refractivity contribution in [3.05, 3.63) is 204 Å². The normalized spacial score (nSPS) is 14.0. The van der Waals surface area contributed by atoms with E-state index in [-0.39, 0.29) is 21.1 Å². The molecule has 0 unspecified atom stereocenters. The Bertz CT molecular complexity index is 2500. The maximum atomic E-state index is 3.97. The molecule has 1 aliphatic heterocycles. The molecule has 7 aromatic carbocycles. The van der Waals surface area contributed by atoms with Crippen molar-refractivity contribution in [1.82, 2.24) is 4.57 Å². The van der Waals surface area contributed by atoms with E-state index in [2.05, 4.69) is 186 Å². The Labute approximate surface area is 307 Å². The SMILES string of the molecule is CN1[CH-]N(c2[c-]c(C3(c4[c-]cc5c(c4)c4ccccc4n5Cc4[c-]cccc4)c4ccccc4-c4ccccc43)ccc2)c2ccccc21.[Pt+4]. The van der Waals surface area contributed by atoms with Crippen LogP contribution in [0.15, 0.2) is 152 Å². The van der Waals surface area contributed by atoms with Gasteiger partial charge in [-0.3, -0.25) is 0 Å². The Morgan fingerprint density at radius 2 is 1.32 bits per heavy atom. The Hall–Kier alpha value is -5.37. The van der Waals surface area contributed by atoms with Gasteiger partial charge < -0.3 is 14.4 Å². The molecule has 0 saturated heterocycles. The molecule has 1 aliphatic carbocycles. The molecule has 0 amide bonds. The van der Waals surface area contributed by atoms with E-state index in [4.69, 9.17) is 0 Å². The summed E-state index contributed by atoms with van der Waals surface area (Å²) in [4.78, 5) is 4.43. The van der Waals surface area contributed by atoms with Crippen molar-refractivity contribution < 1.29 is 21.1 Å². The zero-order valence-electron chi connectivity index (χ0n) is 27.4. The van der Waals surface area contributed by atoms with Gasteiger partial charge in [-0.1, -0.05) is 84.4 Å². The standard InChI is InChI=1S/C46H31N3.Pt/c1-47-31-49(45-25-12-11-24-44(45)47)35-17-13-16-33(28-35)46(40-21-8-5-18-36(40)37-19-6-9-22-41(37)46)34-26-27-43-39(29-34)38-20-7-10-23-42(38)48(43)30-32-14-3-2-4-15-32;/h2-14,16-25,27,29,31H,30H2,1H3;/q-4;+4. The Morgan fingerprint density at radius 3 is 2.10 bits per heavy atom. The molecule has 240 valence electrons. The molecule has 0 N–H and O–H groups in total. The summed E-state index contributed by atoms with van der Waals surface area (Å²) in [7, 11) is 2.10. The minimum Gasteiger partial charge on any atom is -0.504 e. The first-order valence-electron chi connectivity index (χ1n) is 16.8. The van der Waals surface area contributed by atoms with E-state index in [9.17, 15) is 0 Å². The van der Waals surface area contributed by atoms with E-state index in [1.807, 2.05) is 12.1 Å². The van der Waals surface area contributed by atoms with Crippen LogP contribution in [-0.4, -0.2) is 11.6 Å². The molecule has 0 atom stereocenters. The van der Waals surface area contributed by atoms with Gasteiger partial charge in [0, 0.05) is 28.9 Å². The number of anilines is 3. The molecule has 2 aliphatic rings. The van der Waals surface area contributed by atoms with Crippen LogP contribution in [0.25, 0.3) is 32.9 Å². The zero-order chi connectivity index (χ0) is 32.5. The Balaban J connectivity index is 0.00000336. The van der Waals surface area contributed by atoms with Crippen molar-refractivity contribution in [2.75, 3.05) is 16.8 Å². The van der Waals surface area contributed by atoms with Crippen LogP contribution in [0.5, 0.6) is 0 Å². The first kappa shape index (κ1) is 30.7. The molecule has 0 bridgehead atoms. The fraction of sp³-hybridized carbons (Fsp3) is 0.0652. The first-order valence-corrected chi connectivity index (χ1v) is 16.8. The van der Waals surface area contributed by atoms with Crippen molar-refractivity contribution >= 4 is 38.9 Å². The topological polar surface area (TPSA) is 11.4 Å². The van der Waals surface area contributed by atoms with E-state index < -0.39 is 5.41 Å². The van der Waals surface area contributed by atoms with Crippen LogP contribution in [0.4, 0.5) is 17.1 Å². The number of para-hydroxylation sites is 3. The molecule has 1 aromatic heterocycles. The van der Waals surface area contributed by atoms with Gasteiger partial charge >= 0.3 is 21.1 Å². The fourth-order valence-electron chi connectivity index (χ4n) is 8.31. The van der Waals surface area contributed by atoms with Crippen LogP contribution in [0.1, 0.15) is 27.8 Å². The summed E-state index contributed by atoms with van der Waals surface area (Å²) in [6, 6.07) is 65.8. The predicted molar refractivity (Wildman–Crippen MR) is 200 cm³/mol. The van der Waals surface area contributed by atoms with Crippen molar-refractivity contribution in [2.24, 2.45) is 0 Å². The van der Waals surface area contributed by atoms with E-state index in [0.29, 0.717) is 0 Å². The number of nitrogens with zero attached hydrogens (tertiary/aromatic N) is 3. The average Bonchev–Trinajstić information content (AvgIpc) is 3.78. The van der Waals surface area contributed by atoms with Gasteiger partial charge in [0.15, 0.2) is 0 Å². The number of hydrogen-bond donors (Lipinski definition) is 0. The maximum absolute atomic E-state index is 3.97. The first-order chi connectivity index (χ1) is 24.2. The third-order valence-corrected chi connectivity index (χ3v) is 10.4. The average molecular weight is 821 g/mol. The van der Waals surface area contributed by atoms with Crippen LogP contribution < -0.4 is 9.80 Å². The van der Waals surface area contributed by atoms with Crippen molar-refractivity contribution in [1.29, 1.82) is 0 Å². The molecule has 0 fully saturated rings. The molecule has 0 radical (unpaired) electrons. The van der Waals surface area contributed by atoms with Crippen LogP contribution in [0.3, 0.4) is 0 Å². The van der Waals surface area contributed by atoms with Crippen LogP contribution in [0, 0.1) is 24.9 Å². The van der Waals surface area contributed by atoms with Gasteiger partial charge in [0.1, 0.15) is 0 Å². The third kappa shape index (κ3) is 4.40.